The molecule has 0 aliphatic carbocycles. The summed E-state index contributed by atoms with van der Waals surface area (Å²) in [6.45, 7) is 15.4. The zero-order valence-electron chi connectivity index (χ0n) is 13.6. The molecule has 0 aromatic carbocycles. The fourth-order valence-corrected chi connectivity index (χ4v) is 4.12. The maximum Gasteiger partial charge on any atom is 0.192 e. The van der Waals surface area contributed by atoms with Gasteiger partial charge in [-0.1, -0.05) is 68.7 Å². The molecule has 0 spiro atoms. The van der Waals surface area contributed by atoms with Gasteiger partial charge in [-0.15, -0.1) is 6.58 Å². The highest BCUT2D eigenvalue weighted by atomic mass is 127. The second kappa shape index (κ2) is 9.56. The maximum absolute atomic E-state index is 6.49. The standard InChI is InChI=1S/C16H33IOSi/c1-7-8-9-10-11-12-13-15(14-17)18-19(5,6)16(2,3)4/h7,15H,1,8-14H2,2-6H3. The molecule has 0 aromatic rings. The molecular weight excluding hydrogens is 363 g/mol. The fraction of sp³-hybridized carbons (Fsp3) is 0.875. The first kappa shape index (κ1) is 19.6. The molecule has 1 atom stereocenters. The first-order valence-electron chi connectivity index (χ1n) is 7.59. The lowest BCUT2D eigenvalue weighted by Crippen LogP contribution is -2.44. The van der Waals surface area contributed by atoms with Gasteiger partial charge in [0.25, 0.3) is 0 Å². The summed E-state index contributed by atoms with van der Waals surface area (Å²) in [6, 6.07) is 0. The molecule has 1 unspecified atom stereocenters. The lowest BCUT2D eigenvalue weighted by atomic mass is 10.1. The Bertz CT molecular complexity index is 246. The van der Waals surface area contributed by atoms with E-state index in [2.05, 4.69) is 63.0 Å². The van der Waals surface area contributed by atoms with Crippen LogP contribution in [-0.4, -0.2) is 18.8 Å². The largest absolute Gasteiger partial charge is 0.413 e. The van der Waals surface area contributed by atoms with Crippen LogP contribution >= 0.6 is 22.6 Å². The van der Waals surface area contributed by atoms with Crippen molar-refractivity contribution in [1.82, 2.24) is 0 Å². The van der Waals surface area contributed by atoms with Crippen LogP contribution in [0, 0.1) is 0 Å². The summed E-state index contributed by atoms with van der Waals surface area (Å²) in [5.41, 5.74) is 0. The van der Waals surface area contributed by atoms with E-state index in [9.17, 15) is 0 Å². The molecule has 3 heteroatoms. The smallest absolute Gasteiger partial charge is 0.192 e. The SMILES string of the molecule is C=CCCCCCCC(CI)O[Si](C)(C)C(C)(C)C. The minimum atomic E-state index is -1.59. The zero-order chi connectivity index (χ0) is 14.9. The molecule has 0 aromatic heterocycles. The Hall–Kier alpha value is 0.647. The van der Waals surface area contributed by atoms with Gasteiger partial charge in [0.05, 0.1) is 6.10 Å². The first-order chi connectivity index (χ1) is 8.74. The molecular formula is C16H33IOSi. The third kappa shape index (κ3) is 8.51. The average molecular weight is 396 g/mol. The number of hydrogen-bond acceptors (Lipinski definition) is 1. The van der Waals surface area contributed by atoms with E-state index in [1.54, 1.807) is 0 Å². The Balaban J connectivity index is 3.98. The highest BCUT2D eigenvalue weighted by Gasteiger charge is 2.38. The number of hydrogen-bond donors (Lipinski definition) is 0. The number of unbranched alkanes of at least 4 members (excludes halogenated alkanes) is 4. The van der Waals surface area contributed by atoms with Crippen molar-refractivity contribution in [2.24, 2.45) is 0 Å². The van der Waals surface area contributed by atoms with Gasteiger partial charge in [0.1, 0.15) is 0 Å². The van der Waals surface area contributed by atoms with E-state index in [1.165, 1.54) is 32.1 Å². The third-order valence-corrected chi connectivity index (χ3v) is 9.64. The molecule has 114 valence electrons. The van der Waals surface area contributed by atoms with Crippen LogP contribution < -0.4 is 0 Å². The van der Waals surface area contributed by atoms with Gasteiger partial charge in [-0.3, -0.25) is 0 Å². The van der Waals surface area contributed by atoms with Crippen LogP contribution in [0.15, 0.2) is 12.7 Å². The number of alkyl halides is 1. The van der Waals surface area contributed by atoms with Crippen molar-refractivity contribution in [1.29, 1.82) is 0 Å². The van der Waals surface area contributed by atoms with Gasteiger partial charge < -0.3 is 4.43 Å². The van der Waals surface area contributed by atoms with Crippen LogP contribution in [0.1, 0.15) is 59.3 Å². The molecule has 0 radical (unpaired) electrons. The fourth-order valence-electron chi connectivity index (χ4n) is 1.78. The molecule has 0 heterocycles. The number of allylic oxidation sites excluding steroid dienone is 1. The summed E-state index contributed by atoms with van der Waals surface area (Å²) < 4.78 is 7.62. The number of halogens is 1. The van der Waals surface area contributed by atoms with Crippen molar-refractivity contribution in [3.05, 3.63) is 12.7 Å². The zero-order valence-corrected chi connectivity index (χ0v) is 16.8. The molecule has 0 bridgehead atoms. The Morgan fingerprint density at radius 3 is 2.21 bits per heavy atom. The summed E-state index contributed by atoms with van der Waals surface area (Å²) >= 11 is 2.48. The predicted octanol–water partition coefficient (Wildman–Crippen LogP) is 6.34. The highest BCUT2D eigenvalue weighted by Crippen LogP contribution is 2.38. The molecule has 0 saturated carbocycles. The predicted molar refractivity (Wildman–Crippen MR) is 98.9 cm³/mol. The van der Waals surface area contributed by atoms with Gasteiger partial charge in [-0.2, -0.15) is 0 Å². The van der Waals surface area contributed by atoms with Crippen LogP contribution in [0.3, 0.4) is 0 Å². The molecule has 0 amide bonds. The monoisotopic (exact) mass is 396 g/mol. The van der Waals surface area contributed by atoms with Crippen LogP contribution in [0.4, 0.5) is 0 Å². The summed E-state index contributed by atoms with van der Waals surface area (Å²) in [5, 5.41) is 0.320. The molecule has 1 nitrogen and oxygen atoms in total. The summed E-state index contributed by atoms with van der Waals surface area (Å²) in [6.07, 6.45) is 10.1. The van der Waals surface area contributed by atoms with Gasteiger partial charge in [-0.25, -0.2) is 0 Å². The highest BCUT2D eigenvalue weighted by molar-refractivity contribution is 14.1. The van der Waals surface area contributed by atoms with Crippen molar-refractivity contribution in [3.63, 3.8) is 0 Å². The molecule has 19 heavy (non-hydrogen) atoms. The van der Waals surface area contributed by atoms with Crippen LogP contribution in [0.5, 0.6) is 0 Å². The van der Waals surface area contributed by atoms with Gasteiger partial charge in [-0.05, 0) is 37.4 Å². The van der Waals surface area contributed by atoms with Crippen molar-refractivity contribution in [3.8, 4) is 0 Å². The molecule has 0 aliphatic rings. The van der Waals surface area contributed by atoms with Crippen molar-refractivity contribution >= 4 is 30.9 Å². The molecule has 0 saturated heterocycles. The van der Waals surface area contributed by atoms with Gasteiger partial charge in [0.2, 0.25) is 0 Å². The Kier molecular flexibility index (Phi) is 9.88. The molecule has 0 aliphatic heterocycles. The van der Waals surface area contributed by atoms with E-state index in [0.717, 1.165) is 10.8 Å². The maximum atomic E-state index is 6.49. The van der Waals surface area contributed by atoms with E-state index in [0.29, 0.717) is 11.1 Å². The quantitative estimate of drug-likeness (QED) is 0.138. The van der Waals surface area contributed by atoms with E-state index >= 15 is 0 Å². The number of rotatable bonds is 10. The van der Waals surface area contributed by atoms with E-state index < -0.39 is 8.32 Å². The van der Waals surface area contributed by atoms with Crippen LogP contribution in [0.2, 0.25) is 18.1 Å². The average Bonchev–Trinajstić information content (AvgIpc) is 2.30. The molecule has 0 N–H and O–H groups in total. The minimum absolute atomic E-state index is 0.320. The van der Waals surface area contributed by atoms with Crippen molar-refractivity contribution in [2.45, 2.75) is 83.5 Å². The normalized spacial score (nSPS) is 14.4. The molecule has 0 fully saturated rings. The Labute approximate surface area is 135 Å². The Morgan fingerprint density at radius 2 is 1.74 bits per heavy atom. The van der Waals surface area contributed by atoms with Gasteiger partial charge >= 0.3 is 0 Å². The Morgan fingerprint density at radius 1 is 1.16 bits per heavy atom. The van der Waals surface area contributed by atoms with Gasteiger partial charge in [0, 0.05) is 4.43 Å². The lowest BCUT2D eigenvalue weighted by Gasteiger charge is -2.39. The first-order valence-corrected chi connectivity index (χ1v) is 12.0. The van der Waals surface area contributed by atoms with Crippen LogP contribution in [-0.2, 0) is 4.43 Å². The van der Waals surface area contributed by atoms with Crippen molar-refractivity contribution < 1.29 is 4.43 Å². The topological polar surface area (TPSA) is 9.23 Å². The lowest BCUT2D eigenvalue weighted by molar-refractivity contribution is 0.192. The van der Waals surface area contributed by atoms with E-state index in [-0.39, 0.29) is 0 Å². The molecule has 0 rings (SSSR count). The third-order valence-electron chi connectivity index (χ3n) is 4.12. The second-order valence-electron chi connectivity index (χ2n) is 6.93. The summed E-state index contributed by atoms with van der Waals surface area (Å²) in [4.78, 5) is 0. The summed E-state index contributed by atoms with van der Waals surface area (Å²) in [5.74, 6) is 0. The van der Waals surface area contributed by atoms with E-state index in [4.69, 9.17) is 4.43 Å². The second-order valence-corrected chi connectivity index (χ2v) is 12.6. The van der Waals surface area contributed by atoms with E-state index in [1.807, 2.05) is 6.08 Å². The summed E-state index contributed by atoms with van der Waals surface area (Å²) in [7, 11) is -1.59. The van der Waals surface area contributed by atoms with Crippen molar-refractivity contribution in [2.75, 3.05) is 4.43 Å². The van der Waals surface area contributed by atoms with Crippen LogP contribution in [0.25, 0.3) is 0 Å². The van der Waals surface area contributed by atoms with Gasteiger partial charge in [0.15, 0.2) is 8.32 Å². The minimum Gasteiger partial charge on any atom is -0.413 e.